The van der Waals surface area contributed by atoms with Gasteiger partial charge >= 0.3 is 10.3 Å². The van der Waals surface area contributed by atoms with Crippen LogP contribution in [0.25, 0.3) is 0 Å². The minimum Gasteiger partial charge on any atom is -0.273 e. The van der Waals surface area contributed by atoms with E-state index in [1.54, 1.807) is 11.8 Å². The standard InChI is InChI=1S/C6H13NO3S2/c1-5-2-6(4-11-3-5)7-12(8,9)10/h5-7H,2-4H2,1H3,(H,8,9,10). The first kappa shape index (κ1) is 10.3. The summed E-state index contributed by atoms with van der Waals surface area (Å²) in [5.41, 5.74) is 0. The average Bonchev–Trinajstić information content (AvgIpc) is 1.82. The monoisotopic (exact) mass is 211 g/mol. The van der Waals surface area contributed by atoms with Crippen molar-refractivity contribution in [2.75, 3.05) is 11.5 Å². The number of thioether (sulfide) groups is 1. The van der Waals surface area contributed by atoms with Gasteiger partial charge in [-0.05, 0) is 18.1 Å². The van der Waals surface area contributed by atoms with Gasteiger partial charge in [-0.25, -0.2) is 0 Å². The third kappa shape index (κ3) is 3.75. The lowest BCUT2D eigenvalue weighted by Gasteiger charge is -2.25. The molecular weight excluding hydrogens is 198 g/mol. The van der Waals surface area contributed by atoms with E-state index in [1.807, 2.05) is 0 Å². The molecule has 2 atom stereocenters. The summed E-state index contributed by atoms with van der Waals surface area (Å²) in [6.45, 7) is 2.07. The Labute approximate surface area is 77.0 Å². The molecule has 0 aromatic carbocycles. The van der Waals surface area contributed by atoms with Crippen LogP contribution in [0.4, 0.5) is 0 Å². The second-order valence-electron chi connectivity index (χ2n) is 3.17. The first-order valence-electron chi connectivity index (χ1n) is 3.80. The average molecular weight is 211 g/mol. The maximum Gasteiger partial charge on any atom is 0.333 e. The van der Waals surface area contributed by atoms with Crippen LogP contribution in [0.15, 0.2) is 0 Å². The minimum atomic E-state index is -4.01. The molecule has 4 nitrogen and oxygen atoms in total. The predicted octanol–water partition coefficient (Wildman–Crippen LogP) is 0.520. The Hall–Kier alpha value is 0.220. The smallest absolute Gasteiger partial charge is 0.273 e. The van der Waals surface area contributed by atoms with E-state index < -0.39 is 10.3 Å². The van der Waals surface area contributed by atoms with E-state index in [1.165, 1.54) is 0 Å². The van der Waals surface area contributed by atoms with E-state index in [4.69, 9.17) is 4.55 Å². The fourth-order valence-electron chi connectivity index (χ4n) is 1.33. The summed E-state index contributed by atoms with van der Waals surface area (Å²) in [7, 11) is -4.01. The summed E-state index contributed by atoms with van der Waals surface area (Å²) in [4.78, 5) is 0. The molecule has 0 spiro atoms. The summed E-state index contributed by atoms with van der Waals surface area (Å²) in [5, 5.41) is 0. The van der Waals surface area contributed by atoms with Gasteiger partial charge in [-0.1, -0.05) is 6.92 Å². The molecule has 2 unspecified atom stereocenters. The molecule has 12 heavy (non-hydrogen) atoms. The lowest BCUT2D eigenvalue weighted by atomic mass is 10.1. The van der Waals surface area contributed by atoms with Gasteiger partial charge in [0.2, 0.25) is 0 Å². The van der Waals surface area contributed by atoms with E-state index in [2.05, 4.69) is 11.6 Å². The minimum absolute atomic E-state index is 0.103. The molecule has 0 aromatic heterocycles. The Bertz CT molecular complexity index is 239. The quantitative estimate of drug-likeness (QED) is 0.654. The van der Waals surface area contributed by atoms with Crippen LogP contribution >= 0.6 is 11.8 Å². The normalized spacial score (nSPS) is 31.8. The first-order valence-corrected chi connectivity index (χ1v) is 6.39. The zero-order chi connectivity index (χ0) is 9.19. The highest BCUT2D eigenvalue weighted by molar-refractivity contribution is 7.99. The van der Waals surface area contributed by atoms with E-state index >= 15 is 0 Å². The Morgan fingerprint density at radius 2 is 2.17 bits per heavy atom. The van der Waals surface area contributed by atoms with Crippen LogP contribution in [0.2, 0.25) is 0 Å². The second-order valence-corrected chi connectivity index (χ2v) is 5.43. The molecule has 1 heterocycles. The zero-order valence-electron chi connectivity index (χ0n) is 6.86. The lowest BCUT2D eigenvalue weighted by Crippen LogP contribution is -2.39. The van der Waals surface area contributed by atoms with Crippen molar-refractivity contribution in [2.45, 2.75) is 19.4 Å². The first-order chi connectivity index (χ1) is 5.47. The predicted molar refractivity (Wildman–Crippen MR) is 49.6 cm³/mol. The molecule has 0 aliphatic carbocycles. The summed E-state index contributed by atoms with van der Waals surface area (Å²) < 4.78 is 31.6. The molecule has 6 heteroatoms. The van der Waals surface area contributed by atoms with E-state index in [0.717, 1.165) is 17.9 Å². The van der Waals surface area contributed by atoms with Gasteiger partial charge in [-0.2, -0.15) is 24.9 Å². The molecule has 1 fully saturated rings. The molecule has 72 valence electrons. The van der Waals surface area contributed by atoms with Crippen LogP contribution < -0.4 is 4.72 Å². The fourth-order valence-corrected chi connectivity index (χ4v) is 3.21. The Balaban J connectivity index is 2.43. The summed E-state index contributed by atoms with van der Waals surface area (Å²) in [6, 6.07) is -0.103. The van der Waals surface area contributed by atoms with Gasteiger partial charge in [0.05, 0.1) is 0 Å². The highest BCUT2D eigenvalue weighted by Crippen LogP contribution is 2.22. The number of rotatable bonds is 2. The molecule has 0 amide bonds. The summed E-state index contributed by atoms with van der Waals surface area (Å²) >= 11 is 1.71. The number of hydrogen-bond donors (Lipinski definition) is 2. The molecule has 0 bridgehead atoms. The summed E-state index contributed by atoms with van der Waals surface area (Å²) in [5.74, 6) is 2.34. The van der Waals surface area contributed by atoms with Crippen LogP contribution in [0.1, 0.15) is 13.3 Å². The van der Waals surface area contributed by atoms with E-state index in [0.29, 0.717) is 5.92 Å². The maximum absolute atomic E-state index is 10.4. The molecule has 1 rings (SSSR count). The largest absolute Gasteiger partial charge is 0.333 e. The van der Waals surface area contributed by atoms with E-state index in [-0.39, 0.29) is 6.04 Å². The van der Waals surface area contributed by atoms with Crippen molar-refractivity contribution in [1.82, 2.24) is 4.72 Å². The highest BCUT2D eigenvalue weighted by Gasteiger charge is 2.22. The van der Waals surface area contributed by atoms with Gasteiger partial charge in [0.1, 0.15) is 0 Å². The van der Waals surface area contributed by atoms with Crippen LogP contribution in [0.5, 0.6) is 0 Å². The van der Waals surface area contributed by atoms with Crippen LogP contribution in [-0.4, -0.2) is 30.5 Å². The fraction of sp³-hybridized carbons (Fsp3) is 1.00. The van der Waals surface area contributed by atoms with Crippen molar-refractivity contribution < 1.29 is 13.0 Å². The lowest BCUT2D eigenvalue weighted by molar-refractivity contribution is 0.431. The molecule has 0 saturated carbocycles. The van der Waals surface area contributed by atoms with Gasteiger partial charge in [-0.15, -0.1) is 0 Å². The topological polar surface area (TPSA) is 66.4 Å². The third-order valence-corrected chi connectivity index (χ3v) is 3.80. The molecule has 1 saturated heterocycles. The van der Waals surface area contributed by atoms with Crippen molar-refractivity contribution in [3.8, 4) is 0 Å². The van der Waals surface area contributed by atoms with Crippen molar-refractivity contribution >= 4 is 22.1 Å². The molecular formula is C6H13NO3S2. The summed E-state index contributed by atoms with van der Waals surface area (Å²) in [6.07, 6.45) is 0.812. The Morgan fingerprint density at radius 1 is 1.50 bits per heavy atom. The van der Waals surface area contributed by atoms with Gasteiger partial charge in [-0.3, -0.25) is 4.55 Å². The van der Waals surface area contributed by atoms with Crippen molar-refractivity contribution in [3.63, 3.8) is 0 Å². The molecule has 2 N–H and O–H groups in total. The van der Waals surface area contributed by atoms with Crippen LogP contribution in [0, 0.1) is 5.92 Å². The second kappa shape index (κ2) is 3.95. The third-order valence-electron chi connectivity index (χ3n) is 1.72. The van der Waals surface area contributed by atoms with Gasteiger partial charge in [0, 0.05) is 11.8 Å². The molecule has 1 aliphatic rings. The number of nitrogens with one attached hydrogen (secondary N) is 1. The van der Waals surface area contributed by atoms with Crippen LogP contribution in [-0.2, 0) is 10.3 Å². The molecule has 0 radical (unpaired) electrons. The van der Waals surface area contributed by atoms with Gasteiger partial charge in [0.15, 0.2) is 0 Å². The zero-order valence-corrected chi connectivity index (χ0v) is 8.49. The van der Waals surface area contributed by atoms with Crippen molar-refractivity contribution in [1.29, 1.82) is 0 Å². The Kier molecular flexibility index (Phi) is 3.39. The van der Waals surface area contributed by atoms with Crippen LogP contribution in [0.3, 0.4) is 0 Å². The van der Waals surface area contributed by atoms with Crippen molar-refractivity contribution in [2.24, 2.45) is 5.92 Å². The maximum atomic E-state index is 10.4. The van der Waals surface area contributed by atoms with Gasteiger partial charge < -0.3 is 0 Å². The van der Waals surface area contributed by atoms with Crippen molar-refractivity contribution in [3.05, 3.63) is 0 Å². The van der Waals surface area contributed by atoms with E-state index in [9.17, 15) is 8.42 Å². The molecule has 1 aliphatic heterocycles. The Morgan fingerprint density at radius 3 is 2.67 bits per heavy atom. The SMILES string of the molecule is CC1CSCC(NS(=O)(=O)O)C1. The highest BCUT2D eigenvalue weighted by atomic mass is 32.2. The van der Waals surface area contributed by atoms with Gasteiger partial charge in [0.25, 0.3) is 0 Å². The number of hydrogen-bond acceptors (Lipinski definition) is 3. The molecule has 0 aromatic rings.